The maximum absolute atomic E-state index is 11.7. The third kappa shape index (κ3) is 5.66. The zero-order valence-corrected chi connectivity index (χ0v) is 13.2. The lowest BCUT2D eigenvalue weighted by atomic mass is 10.1. The molecule has 1 aliphatic rings. The molecule has 1 saturated heterocycles. The summed E-state index contributed by atoms with van der Waals surface area (Å²) >= 11 is 0. The van der Waals surface area contributed by atoms with E-state index in [-0.39, 0.29) is 18.7 Å². The van der Waals surface area contributed by atoms with Crippen LogP contribution in [0.4, 0.5) is 4.79 Å². The fraction of sp³-hybridized carbons (Fsp3) is 0.588. The number of aliphatic hydroxyl groups is 1. The van der Waals surface area contributed by atoms with E-state index >= 15 is 0 Å². The molecule has 2 atom stereocenters. The van der Waals surface area contributed by atoms with Gasteiger partial charge in [-0.2, -0.15) is 0 Å². The van der Waals surface area contributed by atoms with Crippen molar-refractivity contribution >= 4 is 6.03 Å². The van der Waals surface area contributed by atoms with Gasteiger partial charge in [0, 0.05) is 19.7 Å². The minimum Gasteiger partial charge on any atom is -0.387 e. The Bertz CT molecular complexity index is 473. The van der Waals surface area contributed by atoms with Crippen LogP contribution in [-0.2, 0) is 4.74 Å². The number of aliphatic hydroxyl groups excluding tert-OH is 1. The molecule has 1 aromatic carbocycles. The van der Waals surface area contributed by atoms with Crippen LogP contribution < -0.4 is 10.6 Å². The number of carbonyl (C=O) groups is 1. The number of nitrogens with one attached hydrogen (secondary N) is 2. The Kier molecular flexibility index (Phi) is 6.68. The molecule has 3 N–H and O–H groups in total. The van der Waals surface area contributed by atoms with Crippen molar-refractivity contribution in [3.63, 3.8) is 0 Å². The third-order valence-electron chi connectivity index (χ3n) is 3.91. The van der Waals surface area contributed by atoms with Crippen LogP contribution in [0.1, 0.15) is 42.9 Å². The second kappa shape index (κ2) is 8.76. The van der Waals surface area contributed by atoms with Crippen molar-refractivity contribution in [2.24, 2.45) is 0 Å². The predicted molar refractivity (Wildman–Crippen MR) is 85.7 cm³/mol. The standard InChI is InChI=1S/C17H26N2O3/c1-13-5-4-6-14(11-13)16(20)12-19-17(21)18-9-8-15-7-2-3-10-22-15/h4-6,11,15-16,20H,2-3,7-10,12H2,1H3,(H2,18,19,21). The lowest BCUT2D eigenvalue weighted by Gasteiger charge is -2.22. The molecule has 1 aromatic rings. The van der Waals surface area contributed by atoms with Gasteiger partial charge in [-0.15, -0.1) is 0 Å². The van der Waals surface area contributed by atoms with Crippen molar-refractivity contribution in [3.05, 3.63) is 35.4 Å². The second-order valence-electron chi connectivity index (χ2n) is 5.84. The Morgan fingerprint density at radius 3 is 3.00 bits per heavy atom. The molecular formula is C17H26N2O3. The smallest absolute Gasteiger partial charge is 0.314 e. The molecule has 0 bridgehead atoms. The van der Waals surface area contributed by atoms with Crippen molar-refractivity contribution in [1.82, 2.24) is 10.6 Å². The van der Waals surface area contributed by atoms with Gasteiger partial charge in [0.15, 0.2) is 0 Å². The molecule has 0 aromatic heterocycles. The van der Waals surface area contributed by atoms with Gasteiger partial charge in [0.2, 0.25) is 0 Å². The molecule has 22 heavy (non-hydrogen) atoms. The van der Waals surface area contributed by atoms with E-state index in [4.69, 9.17) is 4.74 Å². The van der Waals surface area contributed by atoms with Crippen molar-refractivity contribution in [3.8, 4) is 0 Å². The lowest BCUT2D eigenvalue weighted by Crippen LogP contribution is -2.39. The first-order valence-electron chi connectivity index (χ1n) is 8.03. The van der Waals surface area contributed by atoms with Gasteiger partial charge in [-0.25, -0.2) is 4.79 Å². The molecule has 1 heterocycles. The first kappa shape index (κ1) is 16.8. The molecule has 2 amide bonds. The number of ether oxygens (including phenoxy) is 1. The summed E-state index contributed by atoms with van der Waals surface area (Å²) in [6.45, 7) is 3.61. The highest BCUT2D eigenvalue weighted by Gasteiger charge is 2.14. The minimum atomic E-state index is -0.688. The van der Waals surface area contributed by atoms with Gasteiger partial charge < -0.3 is 20.5 Å². The molecule has 0 spiro atoms. The Hall–Kier alpha value is -1.59. The number of benzene rings is 1. The molecule has 122 valence electrons. The molecule has 2 unspecified atom stereocenters. The van der Waals surface area contributed by atoms with E-state index in [9.17, 15) is 9.90 Å². The summed E-state index contributed by atoms with van der Waals surface area (Å²) in [5.41, 5.74) is 1.91. The van der Waals surface area contributed by atoms with Gasteiger partial charge in [-0.05, 0) is 38.2 Å². The van der Waals surface area contributed by atoms with Crippen LogP contribution in [0.25, 0.3) is 0 Å². The van der Waals surface area contributed by atoms with E-state index < -0.39 is 6.10 Å². The van der Waals surface area contributed by atoms with Crippen LogP contribution in [0, 0.1) is 6.92 Å². The molecule has 1 fully saturated rings. The van der Waals surface area contributed by atoms with E-state index in [1.165, 1.54) is 6.42 Å². The van der Waals surface area contributed by atoms with E-state index in [0.717, 1.165) is 37.0 Å². The number of urea groups is 1. The van der Waals surface area contributed by atoms with Crippen LogP contribution in [-0.4, -0.2) is 36.9 Å². The van der Waals surface area contributed by atoms with Gasteiger partial charge >= 0.3 is 6.03 Å². The van der Waals surface area contributed by atoms with Crippen LogP contribution in [0.3, 0.4) is 0 Å². The Balaban J connectivity index is 1.62. The first-order valence-corrected chi connectivity index (χ1v) is 8.03. The average Bonchev–Trinajstić information content (AvgIpc) is 2.53. The summed E-state index contributed by atoms with van der Waals surface area (Å²) in [6, 6.07) is 7.41. The Morgan fingerprint density at radius 2 is 2.27 bits per heavy atom. The second-order valence-corrected chi connectivity index (χ2v) is 5.84. The fourth-order valence-electron chi connectivity index (χ4n) is 2.63. The van der Waals surface area contributed by atoms with E-state index in [1.807, 2.05) is 31.2 Å². The van der Waals surface area contributed by atoms with Crippen molar-refractivity contribution in [1.29, 1.82) is 0 Å². The summed E-state index contributed by atoms with van der Waals surface area (Å²) in [7, 11) is 0. The van der Waals surface area contributed by atoms with Crippen molar-refractivity contribution in [2.75, 3.05) is 19.7 Å². The maximum Gasteiger partial charge on any atom is 0.314 e. The van der Waals surface area contributed by atoms with Gasteiger partial charge in [0.05, 0.1) is 12.2 Å². The van der Waals surface area contributed by atoms with E-state index in [2.05, 4.69) is 10.6 Å². The third-order valence-corrected chi connectivity index (χ3v) is 3.91. The van der Waals surface area contributed by atoms with Gasteiger partial charge in [-0.3, -0.25) is 0 Å². The quantitative estimate of drug-likeness (QED) is 0.755. The SMILES string of the molecule is Cc1cccc(C(O)CNC(=O)NCCC2CCCCO2)c1. The lowest BCUT2D eigenvalue weighted by molar-refractivity contribution is 0.0120. The molecule has 0 radical (unpaired) electrons. The van der Waals surface area contributed by atoms with Crippen LogP contribution in [0.2, 0.25) is 0 Å². The Labute approximate surface area is 132 Å². The van der Waals surface area contributed by atoms with Crippen LogP contribution in [0.15, 0.2) is 24.3 Å². The highest BCUT2D eigenvalue weighted by atomic mass is 16.5. The summed E-state index contributed by atoms with van der Waals surface area (Å²) in [6.07, 6.45) is 3.85. The summed E-state index contributed by atoms with van der Waals surface area (Å²) in [5.74, 6) is 0. The van der Waals surface area contributed by atoms with Crippen molar-refractivity contribution in [2.45, 2.75) is 44.8 Å². The summed E-state index contributed by atoms with van der Waals surface area (Å²) in [5, 5.41) is 15.6. The molecule has 0 saturated carbocycles. The van der Waals surface area contributed by atoms with E-state index in [0.29, 0.717) is 6.54 Å². The molecule has 5 heteroatoms. The normalized spacial score (nSPS) is 19.5. The predicted octanol–water partition coefficient (Wildman–Crippen LogP) is 2.29. The first-order chi connectivity index (χ1) is 10.6. The topological polar surface area (TPSA) is 70.6 Å². The molecule has 1 aliphatic heterocycles. The van der Waals surface area contributed by atoms with Crippen LogP contribution >= 0.6 is 0 Å². The molecular weight excluding hydrogens is 280 g/mol. The number of hydrogen-bond acceptors (Lipinski definition) is 3. The van der Waals surface area contributed by atoms with Crippen molar-refractivity contribution < 1.29 is 14.6 Å². The molecule has 0 aliphatic carbocycles. The number of hydrogen-bond donors (Lipinski definition) is 3. The fourth-order valence-corrected chi connectivity index (χ4v) is 2.63. The minimum absolute atomic E-state index is 0.204. The highest BCUT2D eigenvalue weighted by Crippen LogP contribution is 2.15. The number of aryl methyl sites for hydroxylation is 1. The number of carbonyl (C=O) groups excluding carboxylic acids is 1. The number of rotatable bonds is 6. The zero-order chi connectivity index (χ0) is 15.8. The highest BCUT2D eigenvalue weighted by molar-refractivity contribution is 5.73. The van der Waals surface area contributed by atoms with Gasteiger partial charge in [0.1, 0.15) is 0 Å². The van der Waals surface area contributed by atoms with Gasteiger partial charge in [-0.1, -0.05) is 29.8 Å². The summed E-state index contributed by atoms with van der Waals surface area (Å²) in [4.78, 5) is 11.7. The monoisotopic (exact) mass is 306 g/mol. The maximum atomic E-state index is 11.7. The molecule has 2 rings (SSSR count). The summed E-state index contributed by atoms with van der Waals surface area (Å²) < 4.78 is 5.62. The number of amides is 2. The van der Waals surface area contributed by atoms with Crippen LogP contribution in [0.5, 0.6) is 0 Å². The average molecular weight is 306 g/mol. The molecule has 5 nitrogen and oxygen atoms in total. The largest absolute Gasteiger partial charge is 0.387 e. The Morgan fingerprint density at radius 1 is 1.41 bits per heavy atom. The zero-order valence-electron chi connectivity index (χ0n) is 13.2. The van der Waals surface area contributed by atoms with E-state index in [1.54, 1.807) is 0 Å². The van der Waals surface area contributed by atoms with Gasteiger partial charge in [0.25, 0.3) is 0 Å².